The van der Waals surface area contributed by atoms with Crippen LogP contribution in [0.3, 0.4) is 0 Å². The van der Waals surface area contributed by atoms with Crippen LogP contribution in [0, 0.1) is 6.92 Å². The van der Waals surface area contributed by atoms with E-state index in [1.807, 2.05) is 6.92 Å². The van der Waals surface area contributed by atoms with Gasteiger partial charge in [0.2, 0.25) is 5.95 Å². The fraction of sp³-hybridized carbons (Fsp3) is 0.214. The molecule has 2 rings (SSSR count). The van der Waals surface area contributed by atoms with Gasteiger partial charge in [0.1, 0.15) is 5.15 Å². The second-order valence-electron chi connectivity index (χ2n) is 4.27. The fourth-order valence-electron chi connectivity index (χ4n) is 1.79. The van der Waals surface area contributed by atoms with Gasteiger partial charge in [-0.25, -0.2) is 9.97 Å². The molecule has 6 nitrogen and oxygen atoms in total. The summed E-state index contributed by atoms with van der Waals surface area (Å²) in [6.07, 6.45) is 0. The first kappa shape index (κ1) is 15.1. The number of rotatable bonds is 4. The largest absolute Gasteiger partial charge is 0.491 e. The van der Waals surface area contributed by atoms with Gasteiger partial charge in [0.05, 0.1) is 17.9 Å². The highest BCUT2D eigenvalue weighted by molar-refractivity contribution is 6.29. The number of nitrogen functional groups attached to an aromatic ring is 1. The second kappa shape index (κ2) is 6.41. The van der Waals surface area contributed by atoms with E-state index in [0.717, 1.165) is 0 Å². The molecular weight excluding hydrogens is 292 g/mol. The lowest BCUT2D eigenvalue weighted by molar-refractivity contribution is 0.102. The van der Waals surface area contributed by atoms with Crippen LogP contribution in [0.15, 0.2) is 24.3 Å². The van der Waals surface area contributed by atoms with Gasteiger partial charge in [0.15, 0.2) is 5.75 Å². The molecule has 21 heavy (non-hydrogen) atoms. The second-order valence-corrected chi connectivity index (χ2v) is 4.65. The van der Waals surface area contributed by atoms with Gasteiger partial charge in [-0.3, -0.25) is 10.1 Å². The van der Waals surface area contributed by atoms with Crippen molar-refractivity contribution in [1.29, 1.82) is 0 Å². The number of benzene rings is 1. The van der Waals surface area contributed by atoms with E-state index in [4.69, 9.17) is 22.1 Å². The SMILES string of the molecule is CCOc1c(N)cccc1C(=O)Nc1nc(C)cc(Cl)n1. The average Bonchev–Trinajstić information content (AvgIpc) is 2.40. The number of hydrogen-bond acceptors (Lipinski definition) is 5. The zero-order valence-corrected chi connectivity index (χ0v) is 12.4. The number of aryl methyl sites for hydroxylation is 1. The molecule has 0 saturated heterocycles. The summed E-state index contributed by atoms with van der Waals surface area (Å²) in [6, 6.07) is 6.57. The van der Waals surface area contributed by atoms with Crippen LogP contribution in [-0.2, 0) is 0 Å². The number of nitrogens with zero attached hydrogens (tertiary/aromatic N) is 2. The van der Waals surface area contributed by atoms with Crippen LogP contribution in [0.4, 0.5) is 11.6 Å². The van der Waals surface area contributed by atoms with E-state index < -0.39 is 5.91 Å². The maximum Gasteiger partial charge on any atom is 0.261 e. The van der Waals surface area contributed by atoms with Crippen LogP contribution in [0.1, 0.15) is 23.0 Å². The number of halogens is 1. The highest BCUT2D eigenvalue weighted by Crippen LogP contribution is 2.27. The predicted octanol–water partition coefficient (Wildman–Crippen LogP) is 2.67. The number of carbonyl (C=O) groups excluding carboxylic acids is 1. The lowest BCUT2D eigenvalue weighted by atomic mass is 10.1. The van der Waals surface area contributed by atoms with Gasteiger partial charge in [-0.05, 0) is 32.0 Å². The quantitative estimate of drug-likeness (QED) is 0.669. The van der Waals surface area contributed by atoms with Crippen molar-refractivity contribution >= 4 is 29.1 Å². The van der Waals surface area contributed by atoms with E-state index in [1.54, 1.807) is 31.2 Å². The highest BCUT2D eigenvalue weighted by Gasteiger charge is 2.16. The number of amides is 1. The van der Waals surface area contributed by atoms with E-state index in [0.29, 0.717) is 29.3 Å². The summed E-state index contributed by atoms with van der Waals surface area (Å²) < 4.78 is 5.42. The Labute approximate surface area is 127 Å². The van der Waals surface area contributed by atoms with Crippen LogP contribution in [0.2, 0.25) is 5.15 Å². The molecule has 1 aromatic carbocycles. The van der Waals surface area contributed by atoms with Gasteiger partial charge in [0, 0.05) is 5.69 Å². The molecule has 0 aliphatic rings. The molecule has 1 heterocycles. The molecule has 0 unspecified atom stereocenters. The standard InChI is InChI=1S/C14H15ClN4O2/c1-3-21-12-9(5-4-6-10(12)16)13(20)19-14-17-8(2)7-11(15)18-14/h4-7H,3,16H2,1-2H3,(H,17,18,19,20). The van der Waals surface area contributed by atoms with E-state index in [-0.39, 0.29) is 11.1 Å². The summed E-state index contributed by atoms with van der Waals surface area (Å²) in [5, 5.41) is 2.84. The van der Waals surface area contributed by atoms with Crippen molar-refractivity contribution in [2.24, 2.45) is 0 Å². The molecule has 0 saturated carbocycles. The summed E-state index contributed by atoms with van der Waals surface area (Å²) in [7, 11) is 0. The normalized spacial score (nSPS) is 10.2. The Morgan fingerprint density at radius 1 is 1.43 bits per heavy atom. The Morgan fingerprint density at radius 2 is 2.19 bits per heavy atom. The molecule has 110 valence electrons. The average molecular weight is 307 g/mol. The summed E-state index contributed by atoms with van der Waals surface area (Å²) in [5.41, 5.74) is 7.20. The van der Waals surface area contributed by atoms with E-state index in [2.05, 4.69) is 15.3 Å². The Hall–Kier alpha value is -2.34. The number of nitrogens with two attached hydrogens (primary N) is 1. The van der Waals surface area contributed by atoms with Gasteiger partial charge in [-0.1, -0.05) is 17.7 Å². The molecule has 2 aromatic rings. The van der Waals surface area contributed by atoms with Crippen LogP contribution in [-0.4, -0.2) is 22.5 Å². The lowest BCUT2D eigenvalue weighted by Crippen LogP contribution is -2.16. The number of para-hydroxylation sites is 1. The number of nitrogens with one attached hydrogen (secondary N) is 1. The maximum absolute atomic E-state index is 12.3. The van der Waals surface area contributed by atoms with Gasteiger partial charge >= 0.3 is 0 Å². The number of carbonyl (C=O) groups is 1. The Bertz CT molecular complexity index is 656. The Kier molecular flexibility index (Phi) is 4.59. The molecule has 7 heteroatoms. The molecule has 1 amide bonds. The maximum atomic E-state index is 12.3. The summed E-state index contributed by atoms with van der Waals surface area (Å²) >= 11 is 5.84. The third kappa shape index (κ3) is 3.61. The third-order valence-electron chi connectivity index (χ3n) is 2.63. The van der Waals surface area contributed by atoms with Crippen molar-refractivity contribution in [2.45, 2.75) is 13.8 Å². The number of anilines is 2. The molecule has 0 spiro atoms. The first-order chi connectivity index (χ1) is 10.0. The Morgan fingerprint density at radius 3 is 2.86 bits per heavy atom. The van der Waals surface area contributed by atoms with Gasteiger partial charge in [-0.2, -0.15) is 0 Å². The molecule has 0 atom stereocenters. The van der Waals surface area contributed by atoms with Gasteiger partial charge in [-0.15, -0.1) is 0 Å². The summed E-state index contributed by atoms with van der Waals surface area (Å²) in [5.74, 6) is 0.0681. The van der Waals surface area contributed by atoms with E-state index in [1.165, 1.54) is 0 Å². The highest BCUT2D eigenvalue weighted by atomic mass is 35.5. The zero-order valence-electron chi connectivity index (χ0n) is 11.7. The first-order valence-electron chi connectivity index (χ1n) is 6.35. The predicted molar refractivity (Wildman–Crippen MR) is 81.8 cm³/mol. The van der Waals surface area contributed by atoms with E-state index >= 15 is 0 Å². The summed E-state index contributed by atoms with van der Waals surface area (Å²) in [6.45, 7) is 3.98. The topological polar surface area (TPSA) is 90.1 Å². The Balaban J connectivity index is 2.30. The van der Waals surface area contributed by atoms with Crippen molar-refractivity contribution in [3.05, 3.63) is 40.7 Å². The van der Waals surface area contributed by atoms with Crippen molar-refractivity contribution < 1.29 is 9.53 Å². The molecule has 0 fully saturated rings. The van der Waals surface area contributed by atoms with E-state index in [9.17, 15) is 4.79 Å². The van der Waals surface area contributed by atoms with Crippen molar-refractivity contribution in [1.82, 2.24) is 9.97 Å². The van der Waals surface area contributed by atoms with Crippen molar-refractivity contribution in [3.8, 4) is 5.75 Å². The van der Waals surface area contributed by atoms with Gasteiger partial charge in [0.25, 0.3) is 5.91 Å². The van der Waals surface area contributed by atoms with Crippen LogP contribution in [0.5, 0.6) is 5.75 Å². The van der Waals surface area contributed by atoms with Crippen molar-refractivity contribution in [2.75, 3.05) is 17.7 Å². The minimum absolute atomic E-state index is 0.134. The molecule has 1 aromatic heterocycles. The monoisotopic (exact) mass is 306 g/mol. The first-order valence-corrected chi connectivity index (χ1v) is 6.73. The molecule has 3 N–H and O–H groups in total. The summed E-state index contributed by atoms with van der Waals surface area (Å²) in [4.78, 5) is 20.4. The third-order valence-corrected chi connectivity index (χ3v) is 2.82. The number of hydrogen-bond donors (Lipinski definition) is 2. The van der Waals surface area contributed by atoms with Crippen LogP contribution < -0.4 is 15.8 Å². The van der Waals surface area contributed by atoms with Gasteiger partial charge < -0.3 is 10.5 Å². The number of aromatic nitrogens is 2. The van der Waals surface area contributed by atoms with Crippen LogP contribution >= 0.6 is 11.6 Å². The molecule has 0 aliphatic carbocycles. The zero-order chi connectivity index (χ0) is 15.4. The van der Waals surface area contributed by atoms with Crippen LogP contribution in [0.25, 0.3) is 0 Å². The lowest BCUT2D eigenvalue weighted by Gasteiger charge is -2.12. The number of ether oxygens (including phenoxy) is 1. The minimum atomic E-state index is -0.410. The fourth-order valence-corrected chi connectivity index (χ4v) is 2.03. The smallest absolute Gasteiger partial charge is 0.261 e. The molecular formula is C14H15ClN4O2. The molecule has 0 radical (unpaired) electrons. The molecule has 0 bridgehead atoms. The minimum Gasteiger partial charge on any atom is -0.491 e. The molecule has 0 aliphatic heterocycles. The van der Waals surface area contributed by atoms with Crippen molar-refractivity contribution in [3.63, 3.8) is 0 Å².